The van der Waals surface area contributed by atoms with E-state index in [1.165, 1.54) is 10.1 Å². The fourth-order valence-electron chi connectivity index (χ4n) is 3.08. The predicted octanol–water partition coefficient (Wildman–Crippen LogP) is 3.03. The van der Waals surface area contributed by atoms with Crippen LogP contribution in [0.25, 0.3) is 22.4 Å². The first-order valence-electron chi connectivity index (χ1n) is 8.09. The van der Waals surface area contributed by atoms with Gasteiger partial charge in [-0.3, -0.25) is 4.79 Å². The summed E-state index contributed by atoms with van der Waals surface area (Å²) in [6.07, 6.45) is 1.78. The molecule has 5 nitrogen and oxygen atoms in total. The highest BCUT2D eigenvalue weighted by atomic mass is 16.1. The Bertz CT molecular complexity index is 1080. The van der Waals surface area contributed by atoms with Gasteiger partial charge in [-0.1, -0.05) is 42.5 Å². The Morgan fingerprint density at radius 3 is 2.52 bits per heavy atom. The zero-order chi connectivity index (χ0) is 17.4. The molecule has 5 heteroatoms. The Hall–Kier alpha value is -3.34. The van der Waals surface area contributed by atoms with E-state index < -0.39 is 0 Å². The van der Waals surface area contributed by atoms with Gasteiger partial charge in [0.05, 0.1) is 16.7 Å². The van der Waals surface area contributed by atoms with Crippen molar-refractivity contribution in [2.45, 2.75) is 6.54 Å². The summed E-state index contributed by atoms with van der Waals surface area (Å²) in [5.41, 5.74) is 9.88. The Morgan fingerprint density at radius 1 is 1.04 bits per heavy atom. The number of nitrogens with two attached hydrogens (primary N) is 1. The maximum absolute atomic E-state index is 11.9. The average molecular weight is 330 g/mol. The minimum Gasteiger partial charge on any atom is -0.394 e. The molecule has 2 N–H and O–H groups in total. The number of pyridine rings is 1. The van der Waals surface area contributed by atoms with Crippen molar-refractivity contribution in [3.8, 4) is 11.4 Å². The lowest BCUT2D eigenvalue weighted by atomic mass is 10.2. The third kappa shape index (κ3) is 2.70. The lowest BCUT2D eigenvalue weighted by Crippen LogP contribution is -2.20. The number of aromatic nitrogens is 3. The van der Waals surface area contributed by atoms with Crippen LogP contribution in [0.5, 0.6) is 0 Å². The first-order chi connectivity index (χ1) is 12.1. The number of rotatable bonds is 3. The molecular weight excluding hydrogens is 312 g/mol. The molecule has 0 saturated heterocycles. The van der Waals surface area contributed by atoms with Crippen LogP contribution < -0.4 is 11.3 Å². The largest absolute Gasteiger partial charge is 0.394 e. The number of fused-ring (bicyclic) bond motifs is 1. The second-order valence-electron chi connectivity index (χ2n) is 6.10. The number of nitrogens with zero attached hydrogens (tertiary/aromatic N) is 3. The Labute approximate surface area is 145 Å². The van der Waals surface area contributed by atoms with Crippen molar-refractivity contribution < 1.29 is 0 Å². The summed E-state index contributed by atoms with van der Waals surface area (Å²) < 4.78 is 3.65. The minimum absolute atomic E-state index is 0.200. The van der Waals surface area contributed by atoms with Gasteiger partial charge in [-0.15, -0.1) is 0 Å². The van der Waals surface area contributed by atoms with Crippen LogP contribution in [0.4, 0.5) is 5.69 Å². The maximum atomic E-state index is 11.9. The first-order valence-corrected chi connectivity index (χ1v) is 8.09. The fourth-order valence-corrected chi connectivity index (χ4v) is 3.08. The van der Waals surface area contributed by atoms with Crippen LogP contribution in [0.2, 0.25) is 0 Å². The van der Waals surface area contributed by atoms with Crippen LogP contribution in [0.3, 0.4) is 0 Å². The smallest absolute Gasteiger partial charge is 0.273 e. The Balaban J connectivity index is 1.94. The zero-order valence-corrected chi connectivity index (χ0v) is 13.9. The molecule has 0 bridgehead atoms. The van der Waals surface area contributed by atoms with E-state index in [-0.39, 0.29) is 11.2 Å². The number of hydrogen-bond acceptors (Lipinski definition) is 3. The van der Waals surface area contributed by atoms with Gasteiger partial charge in [0.25, 0.3) is 5.56 Å². The lowest BCUT2D eigenvalue weighted by Gasteiger charge is -2.11. The number of para-hydroxylation sites is 2. The third-order valence-corrected chi connectivity index (χ3v) is 4.31. The molecule has 124 valence electrons. The maximum Gasteiger partial charge on any atom is 0.273 e. The summed E-state index contributed by atoms with van der Waals surface area (Å²) in [6.45, 7) is 0.694. The number of nitrogen functional groups attached to an aromatic ring is 1. The van der Waals surface area contributed by atoms with Crippen molar-refractivity contribution in [2.24, 2.45) is 7.05 Å². The fraction of sp³-hybridized carbons (Fsp3) is 0.100. The van der Waals surface area contributed by atoms with E-state index in [2.05, 4.69) is 22.8 Å². The molecule has 0 aliphatic rings. The van der Waals surface area contributed by atoms with Crippen LogP contribution >= 0.6 is 0 Å². The topological polar surface area (TPSA) is 65.8 Å². The van der Waals surface area contributed by atoms with Gasteiger partial charge in [0.1, 0.15) is 5.82 Å². The van der Waals surface area contributed by atoms with Crippen molar-refractivity contribution in [1.82, 2.24) is 14.1 Å². The molecule has 0 radical (unpaired) electrons. The molecule has 0 saturated carbocycles. The van der Waals surface area contributed by atoms with E-state index in [1.807, 2.05) is 36.4 Å². The molecule has 0 aliphatic heterocycles. The Morgan fingerprint density at radius 2 is 1.76 bits per heavy atom. The molecular formula is C20H18N4O. The van der Waals surface area contributed by atoms with Gasteiger partial charge >= 0.3 is 0 Å². The minimum atomic E-state index is -0.200. The molecule has 0 aliphatic carbocycles. The summed E-state index contributed by atoms with van der Waals surface area (Å²) >= 11 is 0. The van der Waals surface area contributed by atoms with Crippen molar-refractivity contribution >= 4 is 16.7 Å². The second-order valence-corrected chi connectivity index (χ2v) is 6.10. The number of hydrogen-bond donors (Lipinski definition) is 1. The summed E-state index contributed by atoms with van der Waals surface area (Å²) in [4.78, 5) is 16.7. The van der Waals surface area contributed by atoms with Gasteiger partial charge < -0.3 is 14.9 Å². The SMILES string of the molecule is Cn1cc(-c2nc3ccccc3n2Cc2ccccc2)cc(N)c1=O. The molecule has 4 rings (SSSR count). The summed E-state index contributed by atoms with van der Waals surface area (Å²) in [5.74, 6) is 0.798. The highest BCUT2D eigenvalue weighted by Gasteiger charge is 2.14. The quantitative estimate of drug-likeness (QED) is 0.628. The van der Waals surface area contributed by atoms with E-state index in [4.69, 9.17) is 10.7 Å². The molecule has 2 aromatic carbocycles. The molecule has 0 atom stereocenters. The zero-order valence-electron chi connectivity index (χ0n) is 13.9. The van der Waals surface area contributed by atoms with Crippen molar-refractivity contribution in [3.05, 3.63) is 82.8 Å². The van der Waals surface area contributed by atoms with Crippen molar-refractivity contribution in [2.75, 3.05) is 5.73 Å². The molecule has 0 amide bonds. The summed E-state index contributed by atoms with van der Waals surface area (Å²) in [5, 5.41) is 0. The van der Waals surface area contributed by atoms with Gasteiger partial charge in [-0.2, -0.15) is 0 Å². The highest BCUT2D eigenvalue weighted by Crippen LogP contribution is 2.26. The number of anilines is 1. The van der Waals surface area contributed by atoms with Gasteiger partial charge in [0.15, 0.2) is 0 Å². The van der Waals surface area contributed by atoms with Crippen molar-refractivity contribution in [3.63, 3.8) is 0 Å². The number of benzene rings is 2. The number of imidazole rings is 1. The average Bonchev–Trinajstić information content (AvgIpc) is 2.99. The summed E-state index contributed by atoms with van der Waals surface area (Å²) in [7, 11) is 1.70. The predicted molar refractivity (Wildman–Crippen MR) is 100 cm³/mol. The molecule has 4 aromatic rings. The van der Waals surface area contributed by atoms with Crippen LogP contribution in [-0.4, -0.2) is 14.1 Å². The highest BCUT2D eigenvalue weighted by molar-refractivity contribution is 5.81. The third-order valence-electron chi connectivity index (χ3n) is 4.31. The van der Waals surface area contributed by atoms with Gasteiger partial charge in [0.2, 0.25) is 0 Å². The van der Waals surface area contributed by atoms with Gasteiger partial charge in [-0.25, -0.2) is 4.98 Å². The van der Waals surface area contributed by atoms with Crippen molar-refractivity contribution in [1.29, 1.82) is 0 Å². The monoisotopic (exact) mass is 330 g/mol. The second kappa shape index (κ2) is 5.94. The van der Waals surface area contributed by atoms with Crippen LogP contribution in [0, 0.1) is 0 Å². The molecule has 2 aromatic heterocycles. The van der Waals surface area contributed by atoms with E-state index in [1.54, 1.807) is 19.3 Å². The molecule has 2 heterocycles. The molecule has 0 spiro atoms. The van der Waals surface area contributed by atoms with Crippen LogP contribution in [0.15, 0.2) is 71.7 Å². The molecule has 0 unspecified atom stereocenters. The first kappa shape index (κ1) is 15.2. The molecule has 25 heavy (non-hydrogen) atoms. The normalized spacial score (nSPS) is 11.1. The van der Waals surface area contributed by atoms with E-state index >= 15 is 0 Å². The van der Waals surface area contributed by atoms with E-state index in [0.717, 1.165) is 22.4 Å². The Kier molecular flexibility index (Phi) is 3.61. The standard InChI is InChI=1S/C20H18N4O/c1-23-13-15(11-16(21)20(23)25)19-22-17-9-5-6-10-18(17)24(19)12-14-7-3-2-4-8-14/h2-11,13H,12,21H2,1H3. The van der Waals surface area contributed by atoms with E-state index in [0.29, 0.717) is 6.54 Å². The summed E-state index contributed by atoms with van der Waals surface area (Å²) in [6, 6.07) is 20.0. The van der Waals surface area contributed by atoms with Gasteiger partial charge in [-0.05, 0) is 23.8 Å². The van der Waals surface area contributed by atoms with Gasteiger partial charge in [0, 0.05) is 25.4 Å². The van der Waals surface area contributed by atoms with Crippen LogP contribution in [0.1, 0.15) is 5.56 Å². The molecule has 0 fully saturated rings. The number of aryl methyl sites for hydroxylation is 1. The lowest BCUT2D eigenvalue weighted by molar-refractivity contribution is 0.824. The van der Waals surface area contributed by atoms with Crippen LogP contribution in [-0.2, 0) is 13.6 Å². The van der Waals surface area contributed by atoms with E-state index in [9.17, 15) is 4.79 Å².